The van der Waals surface area contributed by atoms with Gasteiger partial charge >= 0.3 is 0 Å². The van der Waals surface area contributed by atoms with Crippen molar-refractivity contribution >= 4 is 5.95 Å². The second kappa shape index (κ2) is 7.69. The van der Waals surface area contributed by atoms with E-state index in [1.54, 1.807) is 6.20 Å². The summed E-state index contributed by atoms with van der Waals surface area (Å²) in [5.74, 6) is 2.16. The average Bonchev–Trinajstić information content (AvgIpc) is 3.17. The van der Waals surface area contributed by atoms with Gasteiger partial charge in [0.2, 0.25) is 5.95 Å². The Morgan fingerprint density at radius 2 is 1.69 bits per heavy atom. The quantitative estimate of drug-likeness (QED) is 0.855. The molecular formula is C22H32N6O. The summed E-state index contributed by atoms with van der Waals surface area (Å²) in [5, 5.41) is 11.7. The Kier molecular flexibility index (Phi) is 5.04. The van der Waals surface area contributed by atoms with Crippen LogP contribution < -0.4 is 4.90 Å². The van der Waals surface area contributed by atoms with E-state index in [9.17, 15) is 5.11 Å². The van der Waals surface area contributed by atoms with Gasteiger partial charge in [-0.15, -0.1) is 0 Å². The highest BCUT2D eigenvalue weighted by Gasteiger charge is 2.53. The number of aryl methyl sites for hydroxylation is 1. The first-order valence-corrected chi connectivity index (χ1v) is 11.1. The van der Waals surface area contributed by atoms with Crippen molar-refractivity contribution in [1.82, 2.24) is 24.4 Å². The highest BCUT2D eigenvalue weighted by atomic mass is 16.3. The van der Waals surface area contributed by atoms with Crippen LogP contribution in [0.1, 0.15) is 49.9 Å². The maximum atomic E-state index is 11.7. The number of imidazole rings is 1. The zero-order valence-corrected chi connectivity index (χ0v) is 17.4. The van der Waals surface area contributed by atoms with Gasteiger partial charge in [0.05, 0.1) is 0 Å². The van der Waals surface area contributed by atoms with Crippen LogP contribution in [0.2, 0.25) is 0 Å². The maximum Gasteiger partial charge on any atom is 0.225 e. The molecule has 2 aromatic heterocycles. The summed E-state index contributed by atoms with van der Waals surface area (Å²) in [7, 11) is 1.99. The Morgan fingerprint density at radius 3 is 2.31 bits per heavy atom. The first kappa shape index (κ1) is 19.0. The molecule has 4 heterocycles. The summed E-state index contributed by atoms with van der Waals surface area (Å²) in [5.41, 5.74) is 0.355. The Hall–Kier alpha value is -1.99. The highest BCUT2D eigenvalue weighted by molar-refractivity contribution is 5.30. The molecule has 0 spiro atoms. The number of hydrogen-bond donors (Lipinski definition) is 1. The van der Waals surface area contributed by atoms with Crippen LogP contribution in [0.3, 0.4) is 0 Å². The van der Waals surface area contributed by atoms with Crippen molar-refractivity contribution < 1.29 is 5.11 Å². The minimum atomic E-state index is -0.804. The first-order valence-electron chi connectivity index (χ1n) is 11.1. The second-order valence-electron chi connectivity index (χ2n) is 9.14. The van der Waals surface area contributed by atoms with Crippen LogP contribution >= 0.6 is 0 Å². The monoisotopic (exact) mass is 396 g/mol. The molecule has 3 aliphatic rings. The first-order chi connectivity index (χ1) is 14.1. The van der Waals surface area contributed by atoms with E-state index in [1.807, 2.05) is 30.2 Å². The summed E-state index contributed by atoms with van der Waals surface area (Å²) >= 11 is 0. The van der Waals surface area contributed by atoms with Crippen molar-refractivity contribution in [2.75, 3.05) is 31.1 Å². The van der Waals surface area contributed by atoms with Gasteiger partial charge in [0, 0.05) is 82.0 Å². The molecule has 2 atom stereocenters. The van der Waals surface area contributed by atoms with Gasteiger partial charge in [-0.25, -0.2) is 15.0 Å². The summed E-state index contributed by atoms with van der Waals surface area (Å²) < 4.78 is 1.99. The summed E-state index contributed by atoms with van der Waals surface area (Å²) in [6.07, 6.45) is 14.8. The highest BCUT2D eigenvalue weighted by Crippen LogP contribution is 2.48. The van der Waals surface area contributed by atoms with Gasteiger partial charge in [-0.3, -0.25) is 4.90 Å². The number of piperidine rings is 2. The zero-order valence-electron chi connectivity index (χ0n) is 17.4. The van der Waals surface area contributed by atoms with Crippen molar-refractivity contribution in [3.8, 4) is 0 Å². The molecular weight excluding hydrogens is 364 g/mol. The van der Waals surface area contributed by atoms with Crippen LogP contribution in [-0.4, -0.2) is 55.7 Å². The van der Waals surface area contributed by atoms with E-state index in [1.165, 1.54) is 25.7 Å². The fourth-order valence-electron chi connectivity index (χ4n) is 5.73. The van der Waals surface area contributed by atoms with E-state index >= 15 is 0 Å². The van der Waals surface area contributed by atoms with Crippen molar-refractivity contribution in [1.29, 1.82) is 0 Å². The van der Waals surface area contributed by atoms with Crippen molar-refractivity contribution in [2.45, 2.75) is 50.7 Å². The molecule has 5 rings (SSSR count). The lowest BCUT2D eigenvalue weighted by Crippen LogP contribution is -2.58. The summed E-state index contributed by atoms with van der Waals surface area (Å²) in [6, 6.07) is 0. The smallest absolute Gasteiger partial charge is 0.225 e. The molecule has 7 heteroatoms. The minimum Gasteiger partial charge on any atom is -0.381 e. The van der Waals surface area contributed by atoms with Crippen LogP contribution in [0.25, 0.3) is 0 Å². The number of fused-ring (bicyclic) bond motifs is 2. The molecule has 1 aliphatic carbocycles. The molecule has 1 saturated carbocycles. The minimum absolute atomic E-state index is 0.227. The van der Waals surface area contributed by atoms with E-state index in [4.69, 9.17) is 0 Å². The van der Waals surface area contributed by atoms with E-state index in [0.717, 1.165) is 62.9 Å². The number of rotatable bonds is 4. The topological polar surface area (TPSA) is 70.3 Å². The van der Waals surface area contributed by atoms with E-state index in [-0.39, 0.29) is 11.8 Å². The summed E-state index contributed by atoms with van der Waals surface area (Å²) in [4.78, 5) is 18.6. The predicted molar refractivity (Wildman–Crippen MR) is 111 cm³/mol. The molecule has 0 radical (unpaired) electrons. The molecule has 2 saturated heterocycles. The van der Waals surface area contributed by atoms with Crippen LogP contribution in [0.4, 0.5) is 5.95 Å². The molecule has 7 nitrogen and oxygen atoms in total. The number of nitrogens with zero attached hydrogens (tertiary/aromatic N) is 6. The standard InChI is InChI=1S/C22H32N6O/c1-26-11-8-23-20(26)22(29)18-6-5-7-19(22)16-27(15-18)14-17-12-24-21(25-13-17)28-9-3-2-4-10-28/h8,11-13,18-19,29H,2-7,9-10,14-16H2,1H3. The molecule has 2 unspecified atom stereocenters. The predicted octanol–water partition coefficient (Wildman–Crippen LogP) is 2.32. The molecule has 2 aromatic rings. The third-order valence-electron chi connectivity index (χ3n) is 7.22. The fraction of sp³-hybridized carbons (Fsp3) is 0.682. The van der Waals surface area contributed by atoms with Gasteiger partial charge in [-0.1, -0.05) is 6.42 Å². The second-order valence-corrected chi connectivity index (χ2v) is 9.14. The normalized spacial score (nSPS) is 30.5. The molecule has 3 fully saturated rings. The number of aromatic nitrogens is 4. The van der Waals surface area contributed by atoms with E-state index < -0.39 is 5.60 Å². The Morgan fingerprint density at radius 1 is 1.00 bits per heavy atom. The molecule has 1 N–H and O–H groups in total. The van der Waals surface area contributed by atoms with Gasteiger partial charge in [-0.2, -0.15) is 0 Å². The SMILES string of the molecule is Cn1ccnc1C1(O)C2CCCC1CN(Cc1cnc(N3CCCCC3)nc1)C2. The Labute approximate surface area is 172 Å². The van der Waals surface area contributed by atoms with Gasteiger partial charge in [0.1, 0.15) is 11.4 Å². The van der Waals surface area contributed by atoms with Crippen LogP contribution in [-0.2, 0) is 19.2 Å². The Balaban J connectivity index is 1.29. The number of hydrogen-bond acceptors (Lipinski definition) is 6. The summed E-state index contributed by atoms with van der Waals surface area (Å²) in [6.45, 7) is 4.78. The molecule has 29 heavy (non-hydrogen) atoms. The molecule has 2 bridgehead atoms. The zero-order chi connectivity index (χ0) is 19.8. The lowest BCUT2D eigenvalue weighted by Gasteiger charge is -2.52. The molecule has 156 valence electrons. The van der Waals surface area contributed by atoms with E-state index in [2.05, 4.69) is 24.8 Å². The van der Waals surface area contributed by atoms with Gasteiger partial charge < -0.3 is 14.6 Å². The Bertz CT molecular complexity index is 814. The molecule has 0 amide bonds. The van der Waals surface area contributed by atoms with E-state index in [0.29, 0.717) is 0 Å². The number of aliphatic hydroxyl groups is 1. The van der Waals surface area contributed by atoms with Crippen LogP contribution in [0.5, 0.6) is 0 Å². The largest absolute Gasteiger partial charge is 0.381 e. The molecule has 0 aromatic carbocycles. The van der Waals surface area contributed by atoms with Crippen molar-refractivity contribution in [3.63, 3.8) is 0 Å². The van der Waals surface area contributed by atoms with Crippen molar-refractivity contribution in [2.24, 2.45) is 18.9 Å². The fourth-order valence-corrected chi connectivity index (χ4v) is 5.73. The number of anilines is 1. The lowest BCUT2D eigenvalue weighted by atomic mass is 9.65. The molecule has 2 aliphatic heterocycles. The third-order valence-corrected chi connectivity index (χ3v) is 7.22. The van der Waals surface area contributed by atoms with Gasteiger partial charge in [0.15, 0.2) is 0 Å². The maximum absolute atomic E-state index is 11.7. The average molecular weight is 397 g/mol. The van der Waals surface area contributed by atoms with Crippen LogP contribution in [0, 0.1) is 11.8 Å². The lowest BCUT2D eigenvalue weighted by molar-refractivity contribution is -0.155. The van der Waals surface area contributed by atoms with Gasteiger partial charge in [-0.05, 0) is 32.1 Å². The van der Waals surface area contributed by atoms with Gasteiger partial charge in [0.25, 0.3) is 0 Å². The van der Waals surface area contributed by atoms with Crippen LogP contribution in [0.15, 0.2) is 24.8 Å². The number of likely N-dealkylation sites (tertiary alicyclic amines) is 1. The third kappa shape index (κ3) is 3.44. The van der Waals surface area contributed by atoms with Crippen molar-refractivity contribution in [3.05, 3.63) is 36.2 Å².